The maximum Gasteiger partial charge on any atom is 0.227 e. The van der Waals surface area contributed by atoms with Crippen LogP contribution >= 0.6 is 23.2 Å². The van der Waals surface area contributed by atoms with E-state index in [1.807, 2.05) is 0 Å². The van der Waals surface area contributed by atoms with Crippen LogP contribution in [0.4, 0.5) is 5.69 Å². The zero-order chi connectivity index (χ0) is 13.1. The van der Waals surface area contributed by atoms with E-state index in [2.05, 4.69) is 10.6 Å². The molecule has 1 aromatic rings. The van der Waals surface area contributed by atoms with Gasteiger partial charge in [0.1, 0.15) is 0 Å². The topological polar surface area (TPSA) is 61.4 Å². The molecule has 0 unspecified atom stereocenters. The molecule has 0 spiro atoms. The van der Waals surface area contributed by atoms with Crippen LogP contribution in [-0.2, 0) is 4.79 Å². The highest BCUT2D eigenvalue weighted by molar-refractivity contribution is 6.37. The smallest absolute Gasteiger partial charge is 0.227 e. The number of benzene rings is 1. The molecule has 1 aromatic carbocycles. The van der Waals surface area contributed by atoms with Gasteiger partial charge in [0.15, 0.2) is 5.75 Å². The van der Waals surface area contributed by atoms with Crippen molar-refractivity contribution in [2.45, 2.75) is 12.8 Å². The quantitative estimate of drug-likeness (QED) is 0.733. The van der Waals surface area contributed by atoms with Gasteiger partial charge in [-0.15, -0.1) is 0 Å². The van der Waals surface area contributed by atoms with Gasteiger partial charge in [-0.1, -0.05) is 23.2 Å². The van der Waals surface area contributed by atoms with Crippen LogP contribution in [0.5, 0.6) is 5.75 Å². The standard InChI is InChI=1S/C12H14Cl2N2O2/c13-9-5-8(6-10(14)11(9)17)16-12(18)7-1-3-15-4-2-7/h5-7,15,17H,1-4H2,(H,16,18). The van der Waals surface area contributed by atoms with Crippen molar-refractivity contribution in [3.8, 4) is 5.75 Å². The monoisotopic (exact) mass is 288 g/mol. The summed E-state index contributed by atoms with van der Waals surface area (Å²) in [6.45, 7) is 1.71. The Kier molecular flexibility index (Phi) is 4.32. The Labute approximate surface area is 115 Å². The number of carbonyl (C=O) groups is 1. The molecular weight excluding hydrogens is 275 g/mol. The van der Waals surface area contributed by atoms with Crippen LogP contribution in [-0.4, -0.2) is 24.1 Å². The zero-order valence-corrected chi connectivity index (χ0v) is 11.2. The number of nitrogens with one attached hydrogen (secondary N) is 2. The summed E-state index contributed by atoms with van der Waals surface area (Å²) in [5, 5.41) is 15.7. The number of amides is 1. The van der Waals surface area contributed by atoms with Crippen molar-refractivity contribution < 1.29 is 9.90 Å². The Morgan fingerprint density at radius 1 is 1.28 bits per heavy atom. The van der Waals surface area contributed by atoms with E-state index < -0.39 is 0 Å². The van der Waals surface area contributed by atoms with E-state index in [0.717, 1.165) is 25.9 Å². The van der Waals surface area contributed by atoms with Crippen LogP contribution in [0, 0.1) is 5.92 Å². The van der Waals surface area contributed by atoms with Crippen molar-refractivity contribution in [2.24, 2.45) is 5.92 Å². The molecule has 0 radical (unpaired) electrons. The minimum absolute atomic E-state index is 0.0117. The molecule has 3 N–H and O–H groups in total. The highest BCUT2D eigenvalue weighted by Crippen LogP contribution is 2.34. The number of phenols is 1. The van der Waals surface area contributed by atoms with Gasteiger partial charge in [0.2, 0.25) is 5.91 Å². The SMILES string of the molecule is O=C(Nc1cc(Cl)c(O)c(Cl)c1)C1CCNCC1. The fourth-order valence-electron chi connectivity index (χ4n) is 1.97. The van der Waals surface area contributed by atoms with Crippen molar-refractivity contribution in [2.75, 3.05) is 18.4 Å². The third-order valence-corrected chi connectivity index (χ3v) is 3.57. The molecule has 4 nitrogen and oxygen atoms in total. The Hall–Kier alpha value is -0.970. The van der Waals surface area contributed by atoms with Gasteiger partial charge < -0.3 is 15.7 Å². The second-order valence-electron chi connectivity index (χ2n) is 4.30. The highest BCUT2D eigenvalue weighted by atomic mass is 35.5. The number of piperidine rings is 1. The van der Waals surface area contributed by atoms with Crippen molar-refractivity contribution in [3.63, 3.8) is 0 Å². The lowest BCUT2D eigenvalue weighted by Crippen LogP contribution is -2.34. The van der Waals surface area contributed by atoms with E-state index in [4.69, 9.17) is 23.2 Å². The largest absolute Gasteiger partial charge is 0.505 e. The molecule has 0 saturated carbocycles. The third-order valence-electron chi connectivity index (χ3n) is 2.99. The van der Waals surface area contributed by atoms with E-state index in [9.17, 15) is 9.90 Å². The summed E-state index contributed by atoms with van der Waals surface area (Å²) in [6, 6.07) is 2.98. The molecule has 1 aliphatic heterocycles. The van der Waals surface area contributed by atoms with Crippen molar-refractivity contribution in [1.82, 2.24) is 5.32 Å². The summed E-state index contributed by atoms with van der Waals surface area (Å²) in [6.07, 6.45) is 1.65. The first-order valence-corrected chi connectivity index (χ1v) is 6.53. The molecule has 0 bridgehead atoms. The van der Waals surface area contributed by atoms with Gasteiger partial charge in [-0.05, 0) is 38.1 Å². The second-order valence-corrected chi connectivity index (χ2v) is 5.12. The summed E-state index contributed by atoms with van der Waals surface area (Å²) in [5.74, 6) is -0.190. The van der Waals surface area contributed by atoms with E-state index in [1.54, 1.807) is 0 Å². The van der Waals surface area contributed by atoms with Crippen molar-refractivity contribution in [1.29, 1.82) is 0 Å². The Morgan fingerprint density at radius 3 is 2.39 bits per heavy atom. The van der Waals surface area contributed by atoms with Crippen molar-refractivity contribution >= 4 is 34.8 Å². The molecule has 0 atom stereocenters. The molecule has 1 saturated heterocycles. The first kappa shape index (κ1) is 13.5. The van der Waals surface area contributed by atoms with Gasteiger partial charge in [0.05, 0.1) is 10.0 Å². The number of aromatic hydroxyl groups is 1. The maximum atomic E-state index is 12.0. The molecule has 1 aliphatic rings. The lowest BCUT2D eigenvalue weighted by molar-refractivity contribution is -0.120. The van der Waals surface area contributed by atoms with Crippen LogP contribution in [0.3, 0.4) is 0 Å². The molecule has 98 valence electrons. The molecule has 1 fully saturated rings. The van der Waals surface area contributed by atoms with Crippen LogP contribution in [0.1, 0.15) is 12.8 Å². The van der Waals surface area contributed by atoms with E-state index in [0.29, 0.717) is 5.69 Å². The van der Waals surface area contributed by atoms with Crippen LogP contribution in [0.2, 0.25) is 10.0 Å². The van der Waals surface area contributed by atoms with Crippen LogP contribution in [0.25, 0.3) is 0 Å². The predicted molar refractivity (Wildman–Crippen MR) is 72.4 cm³/mol. The van der Waals surface area contributed by atoms with Gasteiger partial charge in [0, 0.05) is 11.6 Å². The Balaban J connectivity index is 2.06. The van der Waals surface area contributed by atoms with Crippen LogP contribution in [0.15, 0.2) is 12.1 Å². The summed E-state index contributed by atoms with van der Waals surface area (Å²) < 4.78 is 0. The molecule has 0 aliphatic carbocycles. The summed E-state index contributed by atoms with van der Waals surface area (Å²) in [7, 11) is 0. The second kappa shape index (κ2) is 5.78. The lowest BCUT2D eigenvalue weighted by atomic mass is 9.97. The fourth-order valence-corrected chi connectivity index (χ4v) is 2.45. The summed E-state index contributed by atoms with van der Waals surface area (Å²) in [5.41, 5.74) is 0.506. The third kappa shape index (κ3) is 3.07. The van der Waals surface area contributed by atoms with Crippen LogP contribution < -0.4 is 10.6 Å². The molecular formula is C12H14Cl2N2O2. The van der Waals surface area contributed by atoms with Gasteiger partial charge >= 0.3 is 0 Å². The van der Waals surface area contributed by atoms with E-state index in [-0.39, 0.29) is 27.6 Å². The lowest BCUT2D eigenvalue weighted by Gasteiger charge is -2.21. The average Bonchev–Trinajstić information content (AvgIpc) is 2.37. The van der Waals surface area contributed by atoms with Crippen molar-refractivity contribution in [3.05, 3.63) is 22.2 Å². The number of hydrogen-bond acceptors (Lipinski definition) is 3. The highest BCUT2D eigenvalue weighted by Gasteiger charge is 2.21. The van der Waals surface area contributed by atoms with E-state index in [1.165, 1.54) is 12.1 Å². The first-order chi connectivity index (χ1) is 8.58. The summed E-state index contributed by atoms with van der Waals surface area (Å²) >= 11 is 11.6. The van der Waals surface area contributed by atoms with E-state index >= 15 is 0 Å². The number of halogens is 2. The fraction of sp³-hybridized carbons (Fsp3) is 0.417. The van der Waals surface area contributed by atoms with Gasteiger partial charge in [-0.25, -0.2) is 0 Å². The normalized spacial score (nSPS) is 16.6. The maximum absolute atomic E-state index is 12.0. The van der Waals surface area contributed by atoms with Gasteiger partial charge in [-0.3, -0.25) is 4.79 Å². The average molecular weight is 289 g/mol. The minimum Gasteiger partial charge on any atom is -0.505 e. The molecule has 1 amide bonds. The Morgan fingerprint density at radius 2 is 1.83 bits per heavy atom. The Bertz CT molecular complexity index is 436. The van der Waals surface area contributed by atoms with Gasteiger partial charge in [-0.2, -0.15) is 0 Å². The first-order valence-electron chi connectivity index (χ1n) is 5.77. The number of rotatable bonds is 2. The number of carbonyl (C=O) groups excluding carboxylic acids is 1. The summed E-state index contributed by atoms with van der Waals surface area (Å²) in [4.78, 5) is 12.0. The number of anilines is 1. The zero-order valence-electron chi connectivity index (χ0n) is 9.67. The molecule has 6 heteroatoms. The molecule has 18 heavy (non-hydrogen) atoms. The molecule has 1 heterocycles. The van der Waals surface area contributed by atoms with Gasteiger partial charge in [0.25, 0.3) is 0 Å². The number of phenolic OH excluding ortho intramolecular Hbond substituents is 1. The predicted octanol–water partition coefficient (Wildman–Crippen LogP) is 2.64. The molecule has 2 rings (SSSR count). The number of hydrogen-bond donors (Lipinski definition) is 3. The minimum atomic E-state index is -0.168. The molecule has 0 aromatic heterocycles.